The molecule has 0 radical (unpaired) electrons. The van der Waals surface area contributed by atoms with Gasteiger partial charge in [0.2, 0.25) is 0 Å². The van der Waals surface area contributed by atoms with Crippen molar-refractivity contribution in [2.75, 3.05) is 25.6 Å². The molecular weight excluding hydrogens is 368 g/mol. The number of anilines is 1. The second kappa shape index (κ2) is 8.60. The Hall–Kier alpha value is -3.61. The van der Waals surface area contributed by atoms with Crippen molar-refractivity contribution < 1.29 is 14.3 Å². The van der Waals surface area contributed by atoms with E-state index in [0.29, 0.717) is 30.5 Å². The van der Waals surface area contributed by atoms with E-state index in [-0.39, 0.29) is 17.7 Å². The molecule has 1 aliphatic heterocycles. The molecule has 0 bridgehead atoms. The SMILES string of the molecule is CNC1=C(c2ccc(CCC(=O)OC)cc2)C(=O)N(c2ccc(C(=N)N)cc2)C1. The number of hydrogen-bond acceptors (Lipinski definition) is 5. The van der Waals surface area contributed by atoms with Crippen LogP contribution in [0.5, 0.6) is 0 Å². The van der Waals surface area contributed by atoms with Gasteiger partial charge >= 0.3 is 5.97 Å². The number of esters is 1. The number of aryl methyl sites for hydroxylation is 1. The lowest BCUT2D eigenvalue weighted by molar-refractivity contribution is -0.140. The molecule has 7 heteroatoms. The van der Waals surface area contributed by atoms with Crippen molar-refractivity contribution in [3.8, 4) is 0 Å². The molecule has 0 saturated heterocycles. The number of hydrogen-bond donors (Lipinski definition) is 3. The molecule has 2 aromatic rings. The first kappa shape index (κ1) is 20.1. The first-order valence-electron chi connectivity index (χ1n) is 9.28. The monoisotopic (exact) mass is 392 g/mol. The van der Waals surface area contributed by atoms with Crippen LogP contribution < -0.4 is 16.0 Å². The fourth-order valence-electron chi connectivity index (χ4n) is 3.29. The Balaban J connectivity index is 1.80. The van der Waals surface area contributed by atoms with Gasteiger partial charge < -0.3 is 20.7 Å². The molecule has 2 aromatic carbocycles. The summed E-state index contributed by atoms with van der Waals surface area (Å²) < 4.78 is 4.67. The summed E-state index contributed by atoms with van der Waals surface area (Å²) in [5.74, 6) is -0.342. The molecule has 1 heterocycles. The van der Waals surface area contributed by atoms with E-state index in [2.05, 4.69) is 10.1 Å². The fourth-order valence-corrected chi connectivity index (χ4v) is 3.29. The van der Waals surface area contributed by atoms with Gasteiger partial charge in [-0.15, -0.1) is 0 Å². The Morgan fingerprint density at radius 3 is 2.38 bits per heavy atom. The molecule has 0 spiro atoms. The third-order valence-corrected chi connectivity index (χ3v) is 4.96. The maximum atomic E-state index is 13.1. The van der Waals surface area contributed by atoms with Gasteiger partial charge in [-0.1, -0.05) is 24.3 Å². The van der Waals surface area contributed by atoms with Crippen LogP contribution in [0.3, 0.4) is 0 Å². The van der Waals surface area contributed by atoms with Gasteiger partial charge in [-0.05, 0) is 41.8 Å². The highest BCUT2D eigenvalue weighted by Crippen LogP contribution is 2.31. The van der Waals surface area contributed by atoms with Gasteiger partial charge in [0.1, 0.15) is 5.84 Å². The largest absolute Gasteiger partial charge is 0.469 e. The zero-order valence-corrected chi connectivity index (χ0v) is 16.5. The standard InChI is InChI=1S/C22H24N4O3/c1-25-18-13-26(17-10-8-16(9-11-17)21(23)24)22(28)20(18)15-6-3-14(4-7-15)5-12-19(27)29-2/h3-4,6-11,25H,5,12-13H2,1-2H3,(H3,23,24). The Kier molecular flexibility index (Phi) is 5.97. The van der Waals surface area contributed by atoms with Crippen LogP contribution in [0, 0.1) is 5.41 Å². The summed E-state index contributed by atoms with van der Waals surface area (Å²) in [4.78, 5) is 26.1. The second-order valence-corrected chi connectivity index (χ2v) is 6.73. The van der Waals surface area contributed by atoms with E-state index in [1.807, 2.05) is 24.3 Å². The molecule has 0 atom stereocenters. The number of nitrogen functional groups attached to an aromatic ring is 1. The van der Waals surface area contributed by atoms with Crippen LogP contribution in [0.15, 0.2) is 54.2 Å². The van der Waals surface area contributed by atoms with Gasteiger partial charge in [-0.3, -0.25) is 15.0 Å². The first-order chi connectivity index (χ1) is 13.9. The maximum Gasteiger partial charge on any atom is 0.305 e. The normalized spacial score (nSPS) is 13.6. The van der Waals surface area contributed by atoms with Crippen LogP contribution in [0.4, 0.5) is 5.69 Å². The third-order valence-electron chi connectivity index (χ3n) is 4.96. The summed E-state index contributed by atoms with van der Waals surface area (Å²) in [7, 11) is 3.18. The summed E-state index contributed by atoms with van der Waals surface area (Å²) in [6.07, 6.45) is 0.913. The van der Waals surface area contributed by atoms with Crippen molar-refractivity contribution in [2.24, 2.45) is 5.73 Å². The average Bonchev–Trinajstić information content (AvgIpc) is 3.08. The number of nitrogens with zero attached hydrogens (tertiary/aromatic N) is 1. The van der Waals surface area contributed by atoms with E-state index in [4.69, 9.17) is 11.1 Å². The lowest BCUT2D eigenvalue weighted by Crippen LogP contribution is -2.27. The van der Waals surface area contributed by atoms with Gasteiger partial charge in [-0.2, -0.15) is 0 Å². The molecule has 4 N–H and O–H groups in total. The number of amidine groups is 1. The predicted octanol–water partition coefficient (Wildman–Crippen LogP) is 2.05. The topological polar surface area (TPSA) is 109 Å². The maximum absolute atomic E-state index is 13.1. The zero-order chi connectivity index (χ0) is 21.0. The summed E-state index contributed by atoms with van der Waals surface area (Å²) in [5.41, 5.74) is 10.2. The number of carbonyl (C=O) groups is 2. The molecule has 7 nitrogen and oxygen atoms in total. The van der Waals surface area contributed by atoms with Crippen molar-refractivity contribution in [3.05, 3.63) is 70.9 Å². The van der Waals surface area contributed by atoms with E-state index < -0.39 is 0 Å². The predicted molar refractivity (Wildman–Crippen MR) is 113 cm³/mol. The summed E-state index contributed by atoms with van der Waals surface area (Å²) in [6.45, 7) is 0.439. The number of benzene rings is 2. The number of carbonyl (C=O) groups excluding carboxylic acids is 2. The Morgan fingerprint density at radius 1 is 1.17 bits per heavy atom. The van der Waals surface area contributed by atoms with Crippen molar-refractivity contribution in [3.63, 3.8) is 0 Å². The van der Waals surface area contributed by atoms with E-state index >= 15 is 0 Å². The quantitative estimate of drug-likeness (QED) is 0.380. The second-order valence-electron chi connectivity index (χ2n) is 6.73. The van der Waals surface area contributed by atoms with Crippen molar-refractivity contribution >= 4 is 29.0 Å². The highest BCUT2D eigenvalue weighted by atomic mass is 16.5. The number of amides is 1. The lowest BCUT2D eigenvalue weighted by atomic mass is 10.0. The number of rotatable bonds is 7. The molecule has 150 valence electrons. The molecule has 0 fully saturated rings. The van der Waals surface area contributed by atoms with Crippen LogP contribution in [0.2, 0.25) is 0 Å². The van der Waals surface area contributed by atoms with Crippen LogP contribution in [0.1, 0.15) is 23.1 Å². The highest BCUT2D eigenvalue weighted by Gasteiger charge is 2.31. The number of ether oxygens (including phenoxy) is 1. The third kappa shape index (κ3) is 4.29. The van der Waals surface area contributed by atoms with Crippen molar-refractivity contribution in [2.45, 2.75) is 12.8 Å². The molecule has 0 unspecified atom stereocenters. The zero-order valence-electron chi connectivity index (χ0n) is 16.5. The number of methoxy groups -OCH3 is 1. The van der Waals surface area contributed by atoms with Gasteiger partial charge in [0.05, 0.1) is 19.2 Å². The Morgan fingerprint density at radius 2 is 1.83 bits per heavy atom. The Bertz CT molecular complexity index is 963. The smallest absolute Gasteiger partial charge is 0.305 e. The van der Waals surface area contributed by atoms with Crippen molar-refractivity contribution in [1.82, 2.24) is 5.32 Å². The van der Waals surface area contributed by atoms with E-state index in [0.717, 1.165) is 22.5 Å². The molecule has 29 heavy (non-hydrogen) atoms. The van der Waals surface area contributed by atoms with Crippen LogP contribution in [-0.2, 0) is 20.7 Å². The number of nitrogens with two attached hydrogens (primary N) is 1. The summed E-state index contributed by atoms with van der Waals surface area (Å²) >= 11 is 0. The molecule has 0 aliphatic carbocycles. The van der Waals surface area contributed by atoms with Gasteiger partial charge in [-0.25, -0.2) is 0 Å². The van der Waals surface area contributed by atoms with E-state index in [1.54, 1.807) is 36.2 Å². The molecule has 1 amide bonds. The molecule has 0 saturated carbocycles. The van der Waals surface area contributed by atoms with E-state index in [9.17, 15) is 9.59 Å². The molecule has 3 rings (SSSR count). The fraction of sp³-hybridized carbons (Fsp3) is 0.227. The van der Waals surface area contributed by atoms with Gasteiger partial charge in [0.25, 0.3) is 5.91 Å². The van der Waals surface area contributed by atoms with Crippen LogP contribution >= 0.6 is 0 Å². The molecular formula is C22H24N4O3. The highest BCUT2D eigenvalue weighted by molar-refractivity contribution is 6.29. The number of nitrogens with one attached hydrogen (secondary N) is 2. The van der Waals surface area contributed by atoms with Gasteiger partial charge in [0.15, 0.2) is 0 Å². The van der Waals surface area contributed by atoms with E-state index in [1.165, 1.54) is 7.11 Å². The molecule has 0 aromatic heterocycles. The van der Waals surface area contributed by atoms with Crippen molar-refractivity contribution in [1.29, 1.82) is 5.41 Å². The van der Waals surface area contributed by atoms with Crippen LogP contribution in [0.25, 0.3) is 5.57 Å². The average molecular weight is 392 g/mol. The minimum Gasteiger partial charge on any atom is -0.469 e. The summed E-state index contributed by atoms with van der Waals surface area (Å²) in [6, 6.07) is 14.7. The molecule has 1 aliphatic rings. The minimum atomic E-state index is -0.244. The minimum absolute atomic E-state index is 0.00804. The van der Waals surface area contributed by atoms with Crippen LogP contribution in [-0.4, -0.2) is 38.4 Å². The Labute approximate surface area is 169 Å². The lowest BCUT2D eigenvalue weighted by Gasteiger charge is -2.17. The first-order valence-corrected chi connectivity index (χ1v) is 9.28. The number of likely N-dealkylation sites (N-methyl/N-ethyl adjacent to an activating group) is 1. The van der Waals surface area contributed by atoms with Gasteiger partial charge in [0, 0.05) is 30.4 Å². The summed E-state index contributed by atoms with van der Waals surface area (Å²) in [5, 5.41) is 10.6.